The Hall–Kier alpha value is -0.670. The highest BCUT2D eigenvalue weighted by Crippen LogP contribution is 2.18. The van der Waals surface area contributed by atoms with Crippen molar-refractivity contribution in [2.75, 3.05) is 0 Å². The summed E-state index contributed by atoms with van der Waals surface area (Å²) in [4.78, 5) is 0. The average molecular weight is 208 g/mol. The van der Waals surface area contributed by atoms with Crippen molar-refractivity contribution in [1.82, 2.24) is 0 Å². The van der Waals surface area contributed by atoms with Gasteiger partial charge in [0.25, 0.3) is 0 Å². The molecule has 0 radical (unpaired) electrons. The normalized spacial score (nSPS) is 12.1. The molecule has 1 nitrogen and oxygen atoms in total. The maximum Gasteiger partial charge on any atom is 0.130 e. The second kappa shape index (κ2) is 4.53. The predicted molar refractivity (Wildman–Crippen MR) is 50.9 cm³/mol. The van der Waals surface area contributed by atoms with Gasteiger partial charge in [0.15, 0.2) is 0 Å². The van der Waals surface area contributed by atoms with E-state index >= 15 is 0 Å². The summed E-state index contributed by atoms with van der Waals surface area (Å²) in [7, 11) is 0. The van der Waals surface area contributed by atoms with E-state index in [1.165, 1.54) is 6.07 Å². The van der Waals surface area contributed by atoms with Crippen molar-refractivity contribution in [2.45, 2.75) is 19.9 Å². The molecule has 1 atom stereocenters. The Morgan fingerprint density at radius 1 is 1.23 bits per heavy atom. The molecule has 0 unspecified atom stereocenters. The molecule has 0 aromatic heterocycles. The van der Waals surface area contributed by atoms with Crippen LogP contribution in [0.5, 0.6) is 0 Å². The van der Waals surface area contributed by atoms with Crippen molar-refractivity contribution < 1.29 is 8.78 Å². The molecule has 0 bridgehead atoms. The topological polar surface area (TPSA) is 26.0 Å². The summed E-state index contributed by atoms with van der Waals surface area (Å²) >= 11 is 0. The van der Waals surface area contributed by atoms with E-state index in [-0.39, 0.29) is 12.4 Å². The lowest BCUT2D eigenvalue weighted by Crippen LogP contribution is -2.08. The Bertz CT molecular complexity index is 300. The first-order valence-electron chi connectivity index (χ1n) is 3.73. The predicted octanol–water partition coefficient (Wildman–Crippen LogP) is 2.71. The maximum absolute atomic E-state index is 13.0. The molecule has 0 saturated heterocycles. The highest BCUT2D eigenvalue weighted by atomic mass is 35.5. The van der Waals surface area contributed by atoms with E-state index in [1.54, 1.807) is 13.8 Å². The highest BCUT2D eigenvalue weighted by molar-refractivity contribution is 5.85. The molecule has 0 spiro atoms. The molecular weight excluding hydrogens is 196 g/mol. The third-order valence-electron chi connectivity index (χ3n) is 1.77. The molecule has 1 aromatic carbocycles. The van der Waals surface area contributed by atoms with Crippen LogP contribution in [0.25, 0.3) is 0 Å². The van der Waals surface area contributed by atoms with Gasteiger partial charge < -0.3 is 5.73 Å². The summed E-state index contributed by atoms with van der Waals surface area (Å²) in [6, 6.07) is 1.91. The van der Waals surface area contributed by atoms with Crippen LogP contribution >= 0.6 is 12.4 Å². The molecule has 0 amide bonds. The van der Waals surface area contributed by atoms with Gasteiger partial charge in [-0.1, -0.05) is 0 Å². The Morgan fingerprint density at radius 2 is 1.77 bits per heavy atom. The molecule has 0 heterocycles. The number of halogens is 3. The number of hydrogen-bond acceptors (Lipinski definition) is 1. The monoisotopic (exact) mass is 207 g/mol. The summed E-state index contributed by atoms with van der Waals surface area (Å²) in [5.41, 5.74) is 6.25. The standard InChI is InChI=1S/C9H11F2N.ClH/c1-5-3-7(6(2)12)9(11)4-8(5)10;/h3-4,6H,12H2,1-2H3;1H/t6-;/m1./s1. The lowest BCUT2D eigenvalue weighted by molar-refractivity contribution is 0.557. The Morgan fingerprint density at radius 3 is 2.23 bits per heavy atom. The van der Waals surface area contributed by atoms with Crippen molar-refractivity contribution >= 4 is 12.4 Å². The number of rotatable bonds is 1. The molecule has 0 fully saturated rings. The van der Waals surface area contributed by atoms with Gasteiger partial charge in [0.1, 0.15) is 11.6 Å². The van der Waals surface area contributed by atoms with Crippen LogP contribution in [0, 0.1) is 18.6 Å². The largest absolute Gasteiger partial charge is 0.324 e. The van der Waals surface area contributed by atoms with Crippen molar-refractivity contribution in [3.63, 3.8) is 0 Å². The fraction of sp³-hybridized carbons (Fsp3) is 0.333. The van der Waals surface area contributed by atoms with Gasteiger partial charge in [0.05, 0.1) is 0 Å². The van der Waals surface area contributed by atoms with Crippen molar-refractivity contribution in [3.8, 4) is 0 Å². The van der Waals surface area contributed by atoms with Gasteiger partial charge >= 0.3 is 0 Å². The van der Waals surface area contributed by atoms with E-state index in [2.05, 4.69) is 0 Å². The first-order chi connectivity index (χ1) is 5.52. The average Bonchev–Trinajstić information content (AvgIpc) is 1.96. The molecule has 74 valence electrons. The second-order valence-electron chi connectivity index (χ2n) is 2.91. The molecule has 0 aliphatic carbocycles. The van der Waals surface area contributed by atoms with Gasteiger partial charge in [0.2, 0.25) is 0 Å². The minimum absolute atomic E-state index is 0. The molecule has 13 heavy (non-hydrogen) atoms. The van der Waals surface area contributed by atoms with Gasteiger partial charge in [-0.05, 0) is 25.5 Å². The smallest absolute Gasteiger partial charge is 0.130 e. The highest BCUT2D eigenvalue weighted by Gasteiger charge is 2.09. The van der Waals surface area contributed by atoms with Crippen molar-refractivity contribution in [2.24, 2.45) is 5.73 Å². The number of hydrogen-bond donors (Lipinski definition) is 1. The van der Waals surface area contributed by atoms with Crippen LogP contribution in [-0.4, -0.2) is 0 Å². The van der Waals surface area contributed by atoms with Gasteiger partial charge in [-0.25, -0.2) is 8.78 Å². The van der Waals surface area contributed by atoms with E-state index in [9.17, 15) is 8.78 Å². The maximum atomic E-state index is 13.0. The molecule has 0 saturated carbocycles. The van der Waals surface area contributed by atoms with Crippen molar-refractivity contribution in [3.05, 3.63) is 34.9 Å². The summed E-state index contributed by atoms with van der Waals surface area (Å²) in [5.74, 6) is -1.11. The summed E-state index contributed by atoms with van der Waals surface area (Å²) in [6.45, 7) is 3.25. The number of nitrogens with two attached hydrogens (primary N) is 1. The van der Waals surface area contributed by atoms with Crippen molar-refractivity contribution in [1.29, 1.82) is 0 Å². The molecule has 0 aliphatic heterocycles. The zero-order chi connectivity index (χ0) is 9.30. The Kier molecular flexibility index (Phi) is 4.30. The third kappa shape index (κ3) is 2.64. The summed E-state index contributed by atoms with van der Waals surface area (Å²) in [5, 5.41) is 0. The third-order valence-corrected chi connectivity index (χ3v) is 1.77. The van der Waals surface area contributed by atoms with Crippen LogP contribution in [0.1, 0.15) is 24.1 Å². The van der Waals surface area contributed by atoms with Gasteiger partial charge in [-0.15, -0.1) is 12.4 Å². The van der Waals surface area contributed by atoms with Crippen LogP contribution in [0.15, 0.2) is 12.1 Å². The Labute approximate surface area is 82.4 Å². The quantitative estimate of drug-likeness (QED) is 0.753. The van der Waals surface area contributed by atoms with E-state index in [0.717, 1.165) is 6.07 Å². The van der Waals surface area contributed by atoms with E-state index in [1.807, 2.05) is 0 Å². The van der Waals surface area contributed by atoms with E-state index in [0.29, 0.717) is 11.1 Å². The lowest BCUT2D eigenvalue weighted by atomic mass is 10.1. The first-order valence-corrected chi connectivity index (χ1v) is 3.73. The first kappa shape index (κ1) is 12.3. The zero-order valence-electron chi connectivity index (χ0n) is 7.47. The zero-order valence-corrected chi connectivity index (χ0v) is 8.29. The molecule has 1 aromatic rings. The van der Waals surface area contributed by atoms with Crippen LogP contribution in [-0.2, 0) is 0 Å². The second-order valence-corrected chi connectivity index (χ2v) is 2.91. The summed E-state index contributed by atoms with van der Waals surface area (Å²) in [6.07, 6.45) is 0. The van der Waals surface area contributed by atoms with Crippen LogP contribution in [0.3, 0.4) is 0 Å². The summed E-state index contributed by atoms with van der Waals surface area (Å²) < 4.78 is 25.7. The molecule has 0 aliphatic rings. The van der Waals surface area contributed by atoms with E-state index in [4.69, 9.17) is 5.73 Å². The fourth-order valence-electron chi connectivity index (χ4n) is 1.03. The van der Waals surface area contributed by atoms with Gasteiger partial charge in [-0.3, -0.25) is 0 Å². The molecule has 1 rings (SSSR count). The van der Waals surface area contributed by atoms with Crippen LogP contribution in [0.4, 0.5) is 8.78 Å². The minimum atomic E-state index is -0.576. The molecule has 4 heteroatoms. The molecule has 2 N–H and O–H groups in total. The lowest BCUT2D eigenvalue weighted by Gasteiger charge is -2.08. The SMILES string of the molecule is Cc1cc([C@@H](C)N)c(F)cc1F.Cl. The fourth-order valence-corrected chi connectivity index (χ4v) is 1.03. The number of aryl methyl sites for hydroxylation is 1. The minimum Gasteiger partial charge on any atom is -0.324 e. The van der Waals surface area contributed by atoms with Gasteiger partial charge in [0, 0.05) is 17.7 Å². The van der Waals surface area contributed by atoms with Crippen LogP contribution in [0.2, 0.25) is 0 Å². The molecular formula is C9H12ClF2N. The Balaban J connectivity index is 0.00000144. The number of benzene rings is 1. The van der Waals surface area contributed by atoms with Crippen LogP contribution < -0.4 is 5.73 Å². The van der Waals surface area contributed by atoms with Gasteiger partial charge in [-0.2, -0.15) is 0 Å². The van der Waals surface area contributed by atoms with E-state index < -0.39 is 17.7 Å².